The third-order valence-corrected chi connectivity index (χ3v) is 3.35. The number of halogens is 1. The number of hydrogen-bond donors (Lipinski definition) is 1. The summed E-state index contributed by atoms with van der Waals surface area (Å²) in [5, 5.41) is 15.5. The Labute approximate surface area is 115 Å². The molecule has 0 radical (unpaired) electrons. The Balaban J connectivity index is 3.35. The zero-order valence-electron chi connectivity index (χ0n) is 10.6. The van der Waals surface area contributed by atoms with Crippen molar-refractivity contribution in [2.24, 2.45) is 5.14 Å². The van der Waals surface area contributed by atoms with E-state index in [9.17, 15) is 22.9 Å². The van der Waals surface area contributed by atoms with Gasteiger partial charge in [0.2, 0.25) is 10.0 Å². The smallest absolute Gasteiger partial charge is 0.274 e. The highest BCUT2D eigenvalue weighted by molar-refractivity contribution is 7.89. The Morgan fingerprint density at radius 3 is 2.60 bits per heavy atom. The van der Waals surface area contributed by atoms with E-state index in [1.54, 1.807) is 6.92 Å². The fraction of sp³-hybridized carbons (Fsp3) is 0.273. The molecule has 0 atom stereocenters. The molecule has 0 fully saturated rings. The number of sulfonamides is 1. The van der Waals surface area contributed by atoms with Crippen molar-refractivity contribution in [2.75, 3.05) is 6.61 Å². The molecule has 0 heterocycles. The van der Waals surface area contributed by atoms with Gasteiger partial charge in [0.05, 0.1) is 11.0 Å². The molecule has 0 amide bonds. The number of nitro groups is 1. The number of hydrogen-bond acceptors (Lipinski definition) is 5. The van der Waals surface area contributed by atoms with Crippen molar-refractivity contribution in [3.63, 3.8) is 0 Å². The summed E-state index contributed by atoms with van der Waals surface area (Å²) >= 11 is 0. The van der Waals surface area contributed by atoms with Crippen molar-refractivity contribution in [1.82, 2.24) is 0 Å². The summed E-state index contributed by atoms with van der Waals surface area (Å²) in [6.45, 7) is 5.29. The van der Waals surface area contributed by atoms with Crippen LogP contribution in [0.1, 0.15) is 13.3 Å². The van der Waals surface area contributed by atoms with Gasteiger partial charge >= 0.3 is 0 Å². The van der Waals surface area contributed by atoms with Crippen molar-refractivity contribution in [2.45, 2.75) is 18.2 Å². The molecule has 0 aliphatic heterocycles. The number of nitro benzene ring substituents is 1. The molecule has 1 aromatic rings. The lowest BCUT2D eigenvalue weighted by Gasteiger charge is -2.11. The maximum Gasteiger partial charge on any atom is 0.274 e. The van der Waals surface area contributed by atoms with E-state index >= 15 is 0 Å². The molecule has 0 unspecified atom stereocenters. The first-order valence-corrected chi connectivity index (χ1v) is 7.01. The van der Waals surface area contributed by atoms with Crippen LogP contribution in [0.25, 0.3) is 0 Å². The van der Waals surface area contributed by atoms with Gasteiger partial charge in [0.1, 0.15) is 11.5 Å². The predicted molar refractivity (Wildman–Crippen MR) is 69.4 cm³/mol. The number of nitrogens with zero attached hydrogens (tertiary/aromatic N) is 1. The summed E-state index contributed by atoms with van der Waals surface area (Å²) in [4.78, 5) is 8.91. The van der Waals surface area contributed by atoms with E-state index in [1.165, 1.54) is 0 Å². The molecule has 0 aromatic heterocycles. The fourth-order valence-corrected chi connectivity index (χ4v) is 1.99. The zero-order chi connectivity index (χ0) is 15.5. The maximum absolute atomic E-state index is 13.8. The minimum atomic E-state index is -4.37. The molecule has 0 spiro atoms. The second-order valence-electron chi connectivity index (χ2n) is 3.95. The number of non-ortho nitro benzene ring substituents is 1. The predicted octanol–water partition coefficient (Wildman–Crippen LogP) is 1.73. The van der Waals surface area contributed by atoms with E-state index in [2.05, 4.69) is 6.58 Å². The average Bonchev–Trinajstić information content (AvgIpc) is 2.34. The first-order valence-electron chi connectivity index (χ1n) is 5.47. The second-order valence-corrected chi connectivity index (χ2v) is 5.48. The summed E-state index contributed by atoms with van der Waals surface area (Å²) in [7, 11) is -4.37. The van der Waals surface area contributed by atoms with Crippen LogP contribution in [0, 0.1) is 15.9 Å². The Bertz CT molecular complexity index is 657. The van der Waals surface area contributed by atoms with Crippen molar-refractivity contribution in [1.29, 1.82) is 0 Å². The van der Waals surface area contributed by atoms with E-state index < -0.39 is 37.1 Å². The standard InChI is InChI=1S/C11H13FN2O5S/c1-3-7(2)6-19-11-9(12)4-8(14(15)16)5-10(11)20(13,17)18/h4-5H,2-3,6H2,1H3,(H2,13,17,18). The monoisotopic (exact) mass is 304 g/mol. The van der Waals surface area contributed by atoms with Gasteiger partial charge in [0.25, 0.3) is 5.69 Å². The molecule has 1 aromatic carbocycles. The van der Waals surface area contributed by atoms with Gasteiger partial charge in [-0.15, -0.1) is 0 Å². The number of nitrogens with two attached hydrogens (primary N) is 1. The van der Waals surface area contributed by atoms with Gasteiger partial charge in [-0.2, -0.15) is 0 Å². The fourth-order valence-electron chi connectivity index (χ4n) is 1.29. The Morgan fingerprint density at radius 1 is 1.55 bits per heavy atom. The van der Waals surface area contributed by atoms with Gasteiger partial charge in [0.15, 0.2) is 11.6 Å². The molecule has 2 N–H and O–H groups in total. The summed E-state index contributed by atoms with van der Waals surface area (Å²) in [6, 6.07) is 1.22. The van der Waals surface area contributed by atoms with Crippen LogP contribution in [0.4, 0.5) is 10.1 Å². The molecule has 1 rings (SSSR count). The van der Waals surface area contributed by atoms with Crippen LogP contribution in [-0.2, 0) is 10.0 Å². The van der Waals surface area contributed by atoms with E-state index in [1.807, 2.05) is 0 Å². The van der Waals surface area contributed by atoms with Gasteiger partial charge in [0, 0.05) is 6.07 Å². The third-order valence-electron chi connectivity index (χ3n) is 2.43. The number of rotatable bonds is 6. The summed E-state index contributed by atoms with van der Waals surface area (Å²) in [6.07, 6.45) is 0.555. The molecule has 20 heavy (non-hydrogen) atoms. The Morgan fingerprint density at radius 2 is 2.15 bits per heavy atom. The first kappa shape index (κ1) is 16.1. The summed E-state index contributed by atoms with van der Waals surface area (Å²) in [5.41, 5.74) is -0.128. The van der Waals surface area contributed by atoms with Gasteiger partial charge in [-0.05, 0) is 12.0 Å². The summed E-state index contributed by atoms with van der Waals surface area (Å²) < 4.78 is 41.6. The van der Waals surface area contributed by atoms with Crippen LogP contribution in [0.2, 0.25) is 0 Å². The van der Waals surface area contributed by atoms with Crippen molar-refractivity contribution in [3.05, 3.63) is 40.2 Å². The van der Waals surface area contributed by atoms with Gasteiger partial charge in [-0.25, -0.2) is 17.9 Å². The normalized spacial score (nSPS) is 11.2. The zero-order valence-corrected chi connectivity index (χ0v) is 11.4. The molecular weight excluding hydrogens is 291 g/mol. The number of ether oxygens (including phenoxy) is 1. The van der Waals surface area contributed by atoms with E-state index in [0.29, 0.717) is 24.1 Å². The molecule has 0 saturated carbocycles. The molecule has 110 valence electrons. The van der Waals surface area contributed by atoms with Crippen LogP contribution in [-0.4, -0.2) is 19.9 Å². The average molecular weight is 304 g/mol. The highest BCUT2D eigenvalue weighted by Crippen LogP contribution is 2.31. The quantitative estimate of drug-likeness (QED) is 0.488. The SMILES string of the molecule is C=C(CC)COc1c(F)cc([N+](=O)[O-])cc1S(N)(=O)=O. The molecular formula is C11H13FN2O5S. The minimum absolute atomic E-state index is 0.117. The van der Waals surface area contributed by atoms with Gasteiger partial charge in [-0.1, -0.05) is 13.5 Å². The van der Waals surface area contributed by atoms with E-state index in [0.717, 1.165) is 0 Å². The lowest BCUT2D eigenvalue weighted by Crippen LogP contribution is -2.16. The van der Waals surface area contributed by atoms with Gasteiger partial charge < -0.3 is 4.74 Å². The topological polar surface area (TPSA) is 113 Å². The molecule has 0 bridgehead atoms. The first-order chi connectivity index (χ1) is 9.16. The molecule has 9 heteroatoms. The molecule has 0 aliphatic rings. The highest BCUT2D eigenvalue weighted by atomic mass is 32.2. The lowest BCUT2D eigenvalue weighted by molar-refractivity contribution is -0.385. The summed E-state index contributed by atoms with van der Waals surface area (Å²) in [5.74, 6) is -1.82. The van der Waals surface area contributed by atoms with Crippen molar-refractivity contribution >= 4 is 15.7 Å². The van der Waals surface area contributed by atoms with Crippen LogP contribution in [0.3, 0.4) is 0 Å². The third kappa shape index (κ3) is 3.75. The Hall–Kier alpha value is -2.00. The van der Waals surface area contributed by atoms with Crippen molar-refractivity contribution < 1.29 is 22.5 Å². The van der Waals surface area contributed by atoms with Crippen LogP contribution in [0.5, 0.6) is 5.75 Å². The molecule has 0 saturated heterocycles. The Kier molecular flexibility index (Phi) is 4.79. The highest BCUT2D eigenvalue weighted by Gasteiger charge is 2.24. The maximum atomic E-state index is 13.8. The lowest BCUT2D eigenvalue weighted by atomic mass is 10.2. The largest absolute Gasteiger partial charge is 0.485 e. The molecule has 0 aliphatic carbocycles. The van der Waals surface area contributed by atoms with Crippen LogP contribution < -0.4 is 9.88 Å². The number of benzene rings is 1. The van der Waals surface area contributed by atoms with E-state index in [4.69, 9.17) is 9.88 Å². The molecule has 7 nitrogen and oxygen atoms in total. The number of primary sulfonamides is 1. The minimum Gasteiger partial charge on any atom is -0.485 e. The van der Waals surface area contributed by atoms with Crippen LogP contribution in [0.15, 0.2) is 29.2 Å². The van der Waals surface area contributed by atoms with Crippen molar-refractivity contribution in [3.8, 4) is 5.75 Å². The van der Waals surface area contributed by atoms with Crippen LogP contribution >= 0.6 is 0 Å². The van der Waals surface area contributed by atoms with E-state index in [-0.39, 0.29) is 6.61 Å². The van der Waals surface area contributed by atoms with Gasteiger partial charge in [-0.3, -0.25) is 10.1 Å². The second kappa shape index (κ2) is 5.97.